The van der Waals surface area contributed by atoms with Crippen molar-refractivity contribution in [3.63, 3.8) is 0 Å². The number of ether oxygens (including phenoxy) is 1. The fraction of sp³-hybridized carbons (Fsp3) is 0.651. The van der Waals surface area contributed by atoms with E-state index < -0.39 is 5.97 Å². The summed E-state index contributed by atoms with van der Waals surface area (Å²) in [6.45, 7) is 10.4. The zero-order chi connectivity index (χ0) is 36.2. The van der Waals surface area contributed by atoms with Crippen molar-refractivity contribution in [2.45, 2.75) is 111 Å². The number of aromatic nitrogens is 1. The molecule has 2 N–H and O–H groups in total. The predicted octanol–water partition coefficient (Wildman–Crippen LogP) is 7.49. The van der Waals surface area contributed by atoms with Gasteiger partial charge in [0.2, 0.25) is 5.91 Å². The van der Waals surface area contributed by atoms with Gasteiger partial charge in [-0.2, -0.15) is 0 Å². The molecule has 274 valence electrons. The molecule has 8 heteroatoms. The fourth-order valence-corrected chi connectivity index (χ4v) is 12.8. The van der Waals surface area contributed by atoms with Crippen LogP contribution in [0.15, 0.2) is 42.6 Å². The maximum atomic E-state index is 14.2. The normalized spacial score (nSPS) is 35.0. The number of carbonyl (C=O) groups is 4. The second-order valence-corrected chi connectivity index (χ2v) is 17.8. The minimum absolute atomic E-state index is 0.198. The largest absolute Gasteiger partial charge is 0.465 e. The molecule has 7 rings (SSSR count). The summed E-state index contributed by atoms with van der Waals surface area (Å²) < 4.78 is 4.72. The molecule has 0 aliphatic heterocycles. The SMILES string of the molecule is COC(=O)c1ccc(CNC(=O)c2cccc(CCNC(=O)C34CCCC3C3CCC5C(C)(CCC6C(C)(C)C(=O)CCC65C)C3CC4)c2)nc1. The molecule has 8 nitrogen and oxygen atoms in total. The minimum atomic E-state index is -0.450. The molecular weight excluding hydrogens is 638 g/mol. The minimum Gasteiger partial charge on any atom is -0.465 e. The summed E-state index contributed by atoms with van der Waals surface area (Å²) >= 11 is 0. The molecule has 0 bridgehead atoms. The lowest BCUT2D eigenvalue weighted by Gasteiger charge is -2.68. The molecule has 5 saturated carbocycles. The van der Waals surface area contributed by atoms with Crippen molar-refractivity contribution in [3.05, 3.63) is 65.0 Å². The van der Waals surface area contributed by atoms with Crippen molar-refractivity contribution in [2.75, 3.05) is 13.7 Å². The first-order valence-electron chi connectivity index (χ1n) is 19.6. The van der Waals surface area contributed by atoms with Crippen LogP contribution < -0.4 is 10.6 Å². The average molecular weight is 696 g/mol. The molecule has 8 unspecified atom stereocenters. The third-order valence-corrected chi connectivity index (χ3v) is 15.3. The highest BCUT2D eigenvalue weighted by molar-refractivity contribution is 5.94. The first-order chi connectivity index (χ1) is 24.3. The molecule has 1 aromatic carbocycles. The van der Waals surface area contributed by atoms with Gasteiger partial charge < -0.3 is 15.4 Å². The van der Waals surface area contributed by atoms with E-state index >= 15 is 0 Å². The van der Waals surface area contributed by atoms with Gasteiger partial charge in [0, 0.05) is 30.1 Å². The number of methoxy groups -OCH3 is 1. The molecule has 1 heterocycles. The highest BCUT2D eigenvalue weighted by Crippen LogP contribution is 2.72. The van der Waals surface area contributed by atoms with Crippen molar-refractivity contribution >= 4 is 23.6 Å². The Bertz CT molecular complexity index is 1690. The van der Waals surface area contributed by atoms with E-state index in [1.54, 1.807) is 18.2 Å². The van der Waals surface area contributed by atoms with Gasteiger partial charge in [-0.3, -0.25) is 19.4 Å². The fourth-order valence-electron chi connectivity index (χ4n) is 12.8. The number of pyridine rings is 1. The summed E-state index contributed by atoms with van der Waals surface area (Å²) in [5.74, 6) is 2.95. The number of nitrogens with zero attached hydrogens (tertiary/aromatic N) is 1. The quantitative estimate of drug-likeness (QED) is 0.277. The Morgan fingerprint density at radius 3 is 2.43 bits per heavy atom. The summed E-state index contributed by atoms with van der Waals surface area (Å²) in [7, 11) is 1.33. The third-order valence-electron chi connectivity index (χ3n) is 15.3. The van der Waals surface area contributed by atoms with Crippen LogP contribution in [0.2, 0.25) is 0 Å². The Kier molecular flexibility index (Phi) is 9.45. The van der Waals surface area contributed by atoms with Crippen LogP contribution in [-0.4, -0.2) is 42.2 Å². The number of hydrogen-bond acceptors (Lipinski definition) is 6. The van der Waals surface area contributed by atoms with Crippen molar-refractivity contribution in [1.29, 1.82) is 0 Å². The molecule has 0 spiro atoms. The molecule has 1 aromatic heterocycles. The number of esters is 1. The maximum Gasteiger partial charge on any atom is 0.339 e. The zero-order valence-electron chi connectivity index (χ0n) is 31.3. The van der Waals surface area contributed by atoms with E-state index in [0.29, 0.717) is 70.6 Å². The number of carbonyl (C=O) groups excluding carboxylic acids is 4. The van der Waals surface area contributed by atoms with E-state index in [-0.39, 0.29) is 34.6 Å². The van der Waals surface area contributed by atoms with E-state index in [1.807, 2.05) is 18.2 Å². The van der Waals surface area contributed by atoms with Crippen molar-refractivity contribution in [3.8, 4) is 0 Å². The highest BCUT2D eigenvalue weighted by Gasteiger charge is 2.67. The van der Waals surface area contributed by atoms with Gasteiger partial charge >= 0.3 is 5.97 Å². The standard InChI is InChI=1S/C43H57N3O5/c1-40(2)34-16-20-41(3)32-15-22-43(19-7-10-33(43)31(32)13-14-35(41)42(34,4)21-17-36(40)47)39(50)44-23-18-27-8-6-9-28(24-27)37(48)46-26-30-12-11-29(25-45-30)38(49)51-5/h6,8-9,11-12,24-25,31-35H,7,10,13-23,26H2,1-5H3,(H,44,50)(H,46,48). The Morgan fingerprint density at radius 2 is 1.67 bits per heavy atom. The summed E-state index contributed by atoms with van der Waals surface area (Å²) in [6.07, 6.45) is 14.2. The van der Waals surface area contributed by atoms with Gasteiger partial charge in [-0.1, -0.05) is 46.2 Å². The van der Waals surface area contributed by atoms with Gasteiger partial charge in [-0.15, -0.1) is 0 Å². The summed E-state index contributed by atoms with van der Waals surface area (Å²) in [5, 5.41) is 6.29. The van der Waals surface area contributed by atoms with Crippen LogP contribution in [0.1, 0.15) is 130 Å². The van der Waals surface area contributed by atoms with Crippen LogP contribution in [0, 0.1) is 51.2 Å². The van der Waals surface area contributed by atoms with E-state index in [2.05, 4.69) is 43.3 Å². The smallest absolute Gasteiger partial charge is 0.339 e. The molecule has 8 atom stereocenters. The molecule has 2 amide bonds. The number of rotatable bonds is 8. The second kappa shape index (κ2) is 13.5. The van der Waals surface area contributed by atoms with Crippen LogP contribution in [0.25, 0.3) is 0 Å². The number of amides is 2. The number of fused-ring (bicyclic) bond motifs is 7. The van der Waals surface area contributed by atoms with Gasteiger partial charge in [0.25, 0.3) is 5.91 Å². The molecule has 5 fully saturated rings. The van der Waals surface area contributed by atoms with Gasteiger partial charge in [0.1, 0.15) is 5.78 Å². The number of nitrogens with one attached hydrogen (secondary N) is 2. The topological polar surface area (TPSA) is 114 Å². The Balaban J connectivity index is 0.960. The summed E-state index contributed by atoms with van der Waals surface area (Å²) in [5.41, 5.74) is 2.62. The van der Waals surface area contributed by atoms with Crippen molar-refractivity contribution < 1.29 is 23.9 Å². The summed E-state index contributed by atoms with van der Waals surface area (Å²) in [6, 6.07) is 10.9. The Hall–Kier alpha value is -3.55. The Labute approximate surface area is 303 Å². The van der Waals surface area contributed by atoms with Gasteiger partial charge in [0.05, 0.1) is 30.3 Å². The molecule has 51 heavy (non-hydrogen) atoms. The second-order valence-electron chi connectivity index (χ2n) is 17.8. The van der Waals surface area contributed by atoms with E-state index in [9.17, 15) is 19.2 Å². The number of ketones is 1. The number of Topliss-reactive ketones (excluding diaryl/α,β-unsaturated/α-hetero) is 1. The predicted molar refractivity (Wildman–Crippen MR) is 196 cm³/mol. The lowest BCUT2D eigenvalue weighted by Crippen LogP contribution is -2.63. The molecule has 5 aliphatic rings. The van der Waals surface area contributed by atoms with Crippen LogP contribution in [0.5, 0.6) is 0 Å². The molecule has 0 radical (unpaired) electrons. The first kappa shape index (κ1) is 35.8. The molecule has 0 saturated heterocycles. The van der Waals surface area contributed by atoms with Gasteiger partial charge in [-0.05, 0) is 134 Å². The van der Waals surface area contributed by atoms with Crippen LogP contribution in [0.4, 0.5) is 0 Å². The average Bonchev–Trinajstić information content (AvgIpc) is 3.58. The lowest BCUT2D eigenvalue weighted by molar-refractivity contribution is -0.197. The van der Waals surface area contributed by atoms with Crippen molar-refractivity contribution in [2.24, 2.45) is 51.2 Å². The number of hydrogen-bond donors (Lipinski definition) is 2. The molecular formula is C43H57N3O5. The molecule has 5 aliphatic carbocycles. The number of benzene rings is 1. The van der Waals surface area contributed by atoms with Crippen LogP contribution in [0.3, 0.4) is 0 Å². The third kappa shape index (κ3) is 6.02. The van der Waals surface area contributed by atoms with Crippen LogP contribution >= 0.6 is 0 Å². The first-order valence-corrected chi connectivity index (χ1v) is 19.6. The zero-order valence-corrected chi connectivity index (χ0v) is 31.3. The highest BCUT2D eigenvalue weighted by atomic mass is 16.5. The van der Waals surface area contributed by atoms with E-state index in [1.165, 1.54) is 39.0 Å². The summed E-state index contributed by atoms with van der Waals surface area (Å²) in [4.78, 5) is 56.1. The monoisotopic (exact) mass is 695 g/mol. The maximum absolute atomic E-state index is 14.2. The van der Waals surface area contributed by atoms with Gasteiger partial charge in [0.15, 0.2) is 0 Å². The van der Waals surface area contributed by atoms with E-state index in [0.717, 1.165) is 50.5 Å². The van der Waals surface area contributed by atoms with Crippen LogP contribution in [-0.2, 0) is 27.3 Å². The Morgan fingerprint density at radius 1 is 0.843 bits per heavy atom. The van der Waals surface area contributed by atoms with E-state index in [4.69, 9.17) is 4.74 Å². The van der Waals surface area contributed by atoms with Crippen molar-refractivity contribution in [1.82, 2.24) is 15.6 Å². The lowest BCUT2D eigenvalue weighted by atomic mass is 9.36. The molecule has 2 aromatic rings. The van der Waals surface area contributed by atoms with Gasteiger partial charge in [-0.25, -0.2) is 4.79 Å².